The van der Waals surface area contributed by atoms with Crippen molar-refractivity contribution >= 4 is 5.91 Å². The maximum Gasteiger partial charge on any atom is 0.287 e. The lowest BCUT2D eigenvalue weighted by Crippen LogP contribution is -2.51. The molecule has 4 rings (SSSR count). The molecule has 2 saturated heterocycles. The smallest absolute Gasteiger partial charge is 0.287 e. The monoisotopic (exact) mass is 362 g/mol. The second-order valence-electron chi connectivity index (χ2n) is 7.86. The fourth-order valence-electron chi connectivity index (χ4n) is 3.96. The molecule has 6 heteroatoms. The van der Waals surface area contributed by atoms with E-state index in [0.717, 1.165) is 38.4 Å². The largest absolute Gasteiger partial charge is 0.455 e. The van der Waals surface area contributed by atoms with E-state index >= 15 is 0 Å². The summed E-state index contributed by atoms with van der Waals surface area (Å²) in [5, 5.41) is 3.06. The van der Waals surface area contributed by atoms with Crippen molar-refractivity contribution in [2.24, 2.45) is 5.92 Å². The molecule has 3 heterocycles. The highest BCUT2D eigenvalue weighted by atomic mass is 16.5. The van der Waals surface area contributed by atoms with Crippen LogP contribution in [0.25, 0.3) is 0 Å². The predicted molar refractivity (Wildman–Crippen MR) is 97.0 cm³/mol. The number of rotatable bonds is 7. The van der Waals surface area contributed by atoms with E-state index in [1.165, 1.54) is 32.1 Å². The SMILES string of the molecule is O=C(N[C@@H]1COCC[C@@H]1OCC1CCC1)c1ccc(CN2CCCC2)o1. The molecule has 1 N–H and O–H groups in total. The van der Waals surface area contributed by atoms with Crippen molar-refractivity contribution < 1.29 is 18.7 Å². The molecule has 1 aromatic rings. The van der Waals surface area contributed by atoms with E-state index in [-0.39, 0.29) is 18.1 Å². The highest BCUT2D eigenvalue weighted by Crippen LogP contribution is 2.27. The molecule has 1 amide bonds. The van der Waals surface area contributed by atoms with Crippen molar-refractivity contribution in [1.82, 2.24) is 10.2 Å². The van der Waals surface area contributed by atoms with Crippen LogP contribution in [0.5, 0.6) is 0 Å². The van der Waals surface area contributed by atoms with Crippen LogP contribution in [-0.4, -0.2) is 55.9 Å². The van der Waals surface area contributed by atoms with E-state index in [0.29, 0.717) is 24.9 Å². The van der Waals surface area contributed by atoms with Gasteiger partial charge in [0.25, 0.3) is 5.91 Å². The summed E-state index contributed by atoms with van der Waals surface area (Å²) in [5.74, 6) is 1.76. The Hall–Kier alpha value is -1.37. The second kappa shape index (κ2) is 8.55. The molecule has 2 aliphatic heterocycles. The second-order valence-corrected chi connectivity index (χ2v) is 7.86. The first-order chi connectivity index (χ1) is 12.8. The maximum absolute atomic E-state index is 12.6. The number of furan rings is 1. The molecular weight excluding hydrogens is 332 g/mol. The Kier molecular flexibility index (Phi) is 5.92. The lowest BCUT2D eigenvalue weighted by atomic mass is 9.86. The van der Waals surface area contributed by atoms with Gasteiger partial charge in [0.05, 0.1) is 25.3 Å². The number of carbonyl (C=O) groups is 1. The van der Waals surface area contributed by atoms with Gasteiger partial charge in [-0.1, -0.05) is 6.42 Å². The first-order valence-corrected chi connectivity index (χ1v) is 10.1. The molecule has 3 aliphatic rings. The van der Waals surface area contributed by atoms with Gasteiger partial charge in [0, 0.05) is 13.2 Å². The molecule has 0 radical (unpaired) electrons. The number of nitrogens with zero attached hydrogens (tertiary/aromatic N) is 1. The molecule has 1 saturated carbocycles. The zero-order valence-electron chi connectivity index (χ0n) is 15.5. The number of likely N-dealkylation sites (tertiary alicyclic amines) is 1. The summed E-state index contributed by atoms with van der Waals surface area (Å²) in [6.45, 7) is 5.01. The predicted octanol–water partition coefficient (Wildman–Crippen LogP) is 2.58. The van der Waals surface area contributed by atoms with Gasteiger partial charge < -0.3 is 19.2 Å². The van der Waals surface area contributed by atoms with Gasteiger partial charge in [-0.05, 0) is 63.2 Å². The quantitative estimate of drug-likeness (QED) is 0.808. The van der Waals surface area contributed by atoms with Crippen LogP contribution >= 0.6 is 0 Å². The summed E-state index contributed by atoms with van der Waals surface area (Å²) >= 11 is 0. The molecule has 26 heavy (non-hydrogen) atoms. The van der Waals surface area contributed by atoms with Crippen LogP contribution in [0.4, 0.5) is 0 Å². The molecular formula is C20H30N2O4. The van der Waals surface area contributed by atoms with E-state index in [4.69, 9.17) is 13.9 Å². The standard InChI is InChI=1S/C20H30N2O4/c23-20(19-7-6-16(26-19)12-22-9-1-2-10-22)21-17-14-24-11-8-18(17)25-13-15-4-3-5-15/h6-7,15,17-18H,1-5,8-14H2,(H,21,23)/t17-,18+/m1/s1. The molecule has 0 bridgehead atoms. The molecule has 1 aromatic heterocycles. The van der Waals surface area contributed by atoms with E-state index < -0.39 is 0 Å². The van der Waals surface area contributed by atoms with Crippen LogP contribution in [-0.2, 0) is 16.0 Å². The fourth-order valence-corrected chi connectivity index (χ4v) is 3.96. The fraction of sp³-hybridized carbons (Fsp3) is 0.750. The average molecular weight is 362 g/mol. The van der Waals surface area contributed by atoms with Crippen molar-refractivity contribution in [2.75, 3.05) is 32.9 Å². The maximum atomic E-state index is 12.6. The normalized spacial score (nSPS) is 27.4. The topological polar surface area (TPSA) is 63.9 Å². The number of carbonyl (C=O) groups excluding carboxylic acids is 1. The molecule has 2 atom stereocenters. The summed E-state index contributed by atoms with van der Waals surface area (Å²) in [5.41, 5.74) is 0. The van der Waals surface area contributed by atoms with Crippen molar-refractivity contribution in [2.45, 2.75) is 57.2 Å². The van der Waals surface area contributed by atoms with Crippen molar-refractivity contribution in [3.05, 3.63) is 23.7 Å². The molecule has 144 valence electrons. The number of hydrogen-bond donors (Lipinski definition) is 1. The average Bonchev–Trinajstić information content (AvgIpc) is 3.27. The third-order valence-corrected chi connectivity index (χ3v) is 5.84. The van der Waals surface area contributed by atoms with E-state index in [2.05, 4.69) is 10.2 Å². The molecule has 0 aromatic carbocycles. The van der Waals surface area contributed by atoms with Crippen LogP contribution < -0.4 is 5.32 Å². The number of nitrogens with one attached hydrogen (secondary N) is 1. The van der Waals surface area contributed by atoms with Gasteiger partial charge in [0.1, 0.15) is 5.76 Å². The minimum Gasteiger partial charge on any atom is -0.455 e. The van der Waals surface area contributed by atoms with Crippen molar-refractivity contribution in [3.63, 3.8) is 0 Å². The van der Waals surface area contributed by atoms with Crippen LogP contribution in [0.3, 0.4) is 0 Å². The Morgan fingerprint density at radius 2 is 2.04 bits per heavy atom. The summed E-state index contributed by atoms with van der Waals surface area (Å²) in [4.78, 5) is 14.9. The molecule has 0 spiro atoms. The van der Waals surface area contributed by atoms with Crippen LogP contribution in [0.2, 0.25) is 0 Å². The first kappa shape index (κ1) is 18.0. The Labute approximate surface area is 155 Å². The van der Waals surface area contributed by atoms with Gasteiger partial charge in [0.2, 0.25) is 0 Å². The Bertz CT molecular complexity index is 592. The molecule has 6 nitrogen and oxygen atoms in total. The third-order valence-electron chi connectivity index (χ3n) is 5.84. The van der Waals surface area contributed by atoms with Crippen molar-refractivity contribution in [1.29, 1.82) is 0 Å². The molecule has 3 fully saturated rings. The number of ether oxygens (including phenoxy) is 2. The van der Waals surface area contributed by atoms with E-state index in [9.17, 15) is 4.79 Å². The summed E-state index contributed by atoms with van der Waals surface area (Å²) in [6, 6.07) is 3.58. The minimum absolute atomic E-state index is 0.0346. The van der Waals surface area contributed by atoms with E-state index in [1.54, 1.807) is 6.07 Å². The highest BCUT2D eigenvalue weighted by Gasteiger charge is 2.30. The Morgan fingerprint density at radius 3 is 2.81 bits per heavy atom. The third kappa shape index (κ3) is 4.48. The zero-order chi connectivity index (χ0) is 17.8. The molecule has 0 unspecified atom stereocenters. The summed E-state index contributed by atoms with van der Waals surface area (Å²) in [6.07, 6.45) is 7.22. The number of hydrogen-bond acceptors (Lipinski definition) is 5. The van der Waals surface area contributed by atoms with Crippen molar-refractivity contribution in [3.8, 4) is 0 Å². The number of amides is 1. The van der Waals surface area contributed by atoms with Crippen LogP contribution in [0.15, 0.2) is 16.5 Å². The van der Waals surface area contributed by atoms with Gasteiger partial charge in [-0.15, -0.1) is 0 Å². The van der Waals surface area contributed by atoms with Gasteiger partial charge in [-0.25, -0.2) is 0 Å². The molecule has 1 aliphatic carbocycles. The van der Waals surface area contributed by atoms with Gasteiger partial charge in [-0.2, -0.15) is 0 Å². The van der Waals surface area contributed by atoms with Gasteiger partial charge in [-0.3, -0.25) is 9.69 Å². The highest BCUT2D eigenvalue weighted by molar-refractivity contribution is 5.91. The summed E-state index contributed by atoms with van der Waals surface area (Å²) < 4.78 is 17.4. The summed E-state index contributed by atoms with van der Waals surface area (Å²) in [7, 11) is 0. The van der Waals surface area contributed by atoms with Crippen LogP contribution in [0.1, 0.15) is 54.8 Å². The zero-order valence-corrected chi connectivity index (χ0v) is 15.5. The Morgan fingerprint density at radius 1 is 1.19 bits per heavy atom. The lowest BCUT2D eigenvalue weighted by molar-refractivity contribution is -0.0698. The first-order valence-electron chi connectivity index (χ1n) is 10.1. The minimum atomic E-state index is -0.176. The Balaban J connectivity index is 1.29. The van der Waals surface area contributed by atoms with E-state index in [1.807, 2.05) is 6.07 Å². The van der Waals surface area contributed by atoms with Gasteiger partial charge in [0.15, 0.2) is 5.76 Å². The van der Waals surface area contributed by atoms with Crippen LogP contribution in [0, 0.1) is 5.92 Å². The van der Waals surface area contributed by atoms with Gasteiger partial charge >= 0.3 is 0 Å². The lowest BCUT2D eigenvalue weighted by Gasteiger charge is -2.34.